The fourth-order valence-corrected chi connectivity index (χ4v) is 2.76. The number of benzene rings is 1. The van der Waals surface area contributed by atoms with Gasteiger partial charge in [0.15, 0.2) is 0 Å². The van der Waals surface area contributed by atoms with Gasteiger partial charge >= 0.3 is 0 Å². The van der Waals surface area contributed by atoms with Crippen LogP contribution in [0.25, 0.3) is 0 Å². The highest BCUT2D eigenvalue weighted by atomic mass is 16.5. The van der Waals surface area contributed by atoms with Crippen LogP contribution >= 0.6 is 0 Å². The number of carbonyl (C=O) groups is 1. The van der Waals surface area contributed by atoms with Gasteiger partial charge in [0.25, 0.3) is 0 Å². The highest BCUT2D eigenvalue weighted by molar-refractivity contribution is 5.73. The number of hydrogen-bond acceptors (Lipinski definition) is 4. The Kier molecular flexibility index (Phi) is 6.86. The van der Waals surface area contributed by atoms with Gasteiger partial charge in [-0.25, -0.2) is 0 Å². The molecule has 0 spiro atoms. The molecule has 0 radical (unpaired) electrons. The highest BCUT2D eigenvalue weighted by Crippen LogP contribution is 2.21. The highest BCUT2D eigenvalue weighted by Gasteiger charge is 2.19. The van der Waals surface area contributed by atoms with E-state index in [9.17, 15) is 9.90 Å². The Bertz CT molecular complexity index is 482. The second kappa shape index (κ2) is 8.89. The minimum Gasteiger partial charge on any atom is -0.494 e. The van der Waals surface area contributed by atoms with Gasteiger partial charge in [0.05, 0.1) is 12.7 Å². The fraction of sp³-hybridized carbons (Fsp3) is 0.611. The lowest BCUT2D eigenvalue weighted by Crippen LogP contribution is -2.48. The van der Waals surface area contributed by atoms with Crippen molar-refractivity contribution in [2.24, 2.45) is 0 Å². The van der Waals surface area contributed by atoms with E-state index in [2.05, 4.69) is 11.8 Å². The predicted octanol–water partition coefficient (Wildman–Crippen LogP) is 2.06. The molecular weight excluding hydrogens is 292 g/mol. The SMILES string of the molecule is CCCOc1ccc(C(O)CCN2CCN(C(C)=O)CC2)cc1. The minimum atomic E-state index is -0.457. The van der Waals surface area contributed by atoms with Crippen molar-refractivity contribution in [1.82, 2.24) is 9.80 Å². The maximum absolute atomic E-state index is 11.3. The van der Waals surface area contributed by atoms with E-state index >= 15 is 0 Å². The predicted molar refractivity (Wildman–Crippen MR) is 90.5 cm³/mol. The van der Waals surface area contributed by atoms with Crippen LogP contribution in [-0.4, -0.2) is 60.1 Å². The van der Waals surface area contributed by atoms with Crippen LogP contribution in [0.3, 0.4) is 0 Å². The Hall–Kier alpha value is -1.59. The molecule has 0 aliphatic carbocycles. The Morgan fingerprint density at radius 1 is 1.22 bits per heavy atom. The first-order valence-electron chi connectivity index (χ1n) is 8.49. The van der Waals surface area contributed by atoms with Crippen LogP contribution in [0.2, 0.25) is 0 Å². The maximum Gasteiger partial charge on any atom is 0.219 e. The largest absolute Gasteiger partial charge is 0.494 e. The maximum atomic E-state index is 11.3. The van der Waals surface area contributed by atoms with E-state index in [0.717, 1.165) is 50.5 Å². The molecular formula is C18H28N2O3. The van der Waals surface area contributed by atoms with Crippen molar-refractivity contribution >= 4 is 5.91 Å². The van der Waals surface area contributed by atoms with Gasteiger partial charge in [-0.1, -0.05) is 19.1 Å². The summed E-state index contributed by atoms with van der Waals surface area (Å²) in [6, 6.07) is 7.70. The van der Waals surface area contributed by atoms with Crippen molar-refractivity contribution in [2.75, 3.05) is 39.3 Å². The summed E-state index contributed by atoms with van der Waals surface area (Å²) in [5.41, 5.74) is 0.927. The zero-order chi connectivity index (χ0) is 16.7. The van der Waals surface area contributed by atoms with Crippen molar-refractivity contribution in [3.63, 3.8) is 0 Å². The Balaban J connectivity index is 1.74. The average Bonchev–Trinajstić information content (AvgIpc) is 2.58. The summed E-state index contributed by atoms with van der Waals surface area (Å²) in [6.45, 7) is 8.60. The number of hydrogen-bond donors (Lipinski definition) is 1. The number of nitrogens with zero attached hydrogens (tertiary/aromatic N) is 2. The topological polar surface area (TPSA) is 53.0 Å². The molecule has 23 heavy (non-hydrogen) atoms. The van der Waals surface area contributed by atoms with Gasteiger partial charge in [-0.3, -0.25) is 9.69 Å². The Labute approximate surface area is 138 Å². The molecule has 5 nitrogen and oxygen atoms in total. The van der Waals surface area contributed by atoms with Crippen LogP contribution in [0.5, 0.6) is 5.75 Å². The molecule has 1 aromatic carbocycles. The molecule has 1 aromatic rings. The van der Waals surface area contributed by atoms with Gasteiger partial charge in [0.2, 0.25) is 5.91 Å². The zero-order valence-corrected chi connectivity index (χ0v) is 14.2. The van der Waals surface area contributed by atoms with Crippen molar-refractivity contribution in [3.05, 3.63) is 29.8 Å². The summed E-state index contributed by atoms with van der Waals surface area (Å²) in [6.07, 6.45) is 1.23. The first kappa shape index (κ1) is 17.8. The molecule has 5 heteroatoms. The van der Waals surface area contributed by atoms with Crippen LogP contribution in [0, 0.1) is 0 Å². The second-order valence-corrected chi connectivity index (χ2v) is 6.07. The summed E-state index contributed by atoms with van der Waals surface area (Å²) in [4.78, 5) is 15.5. The number of aliphatic hydroxyl groups excluding tert-OH is 1. The van der Waals surface area contributed by atoms with Gasteiger partial charge in [0, 0.05) is 39.6 Å². The summed E-state index contributed by atoms with van der Waals surface area (Å²) in [5.74, 6) is 0.998. The molecule has 1 saturated heterocycles. The number of carbonyl (C=O) groups excluding carboxylic acids is 1. The van der Waals surface area contributed by atoms with Crippen LogP contribution < -0.4 is 4.74 Å². The summed E-state index contributed by atoms with van der Waals surface area (Å²) < 4.78 is 5.55. The summed E-state index contributed by atoms with van der Waals surface area (Å²) in [5, 5.41) is 10.3. The van der Waals surface area contributed by atoms with E-state index in [1.807, 2.05) is 29.2 Å². The molecule has 1 heterocycles. The van der Waals surface area contributed by atoms with Crippen molar-refractivity contribution in [1.29, 1.82) is 0 Å². The second-order valence-electron chi connectivity index (χ2n) is 6.07. The van der Waals surface area contributed by atoms with Crippen LogP contribution in [0.15, 0.2) is 24.3 Å². The molecule has 1 fully saturated rings. The lowest BCUT2D eigenvalue weighted by molar-refractivity contribution is -0.130. The first-order chi connectivity index (χ1) is 11.1. The normalized spacial score (nSPS) is 17.1. The number of ether oxygens (including phenoxy) is 1. The van der Waals surface area contributed by atoms with Gasteiger partial charge in [-0.05, 0) is 30.5 Å². The standard InChI is InChI=1S/C18H28N2O3/c1-3-14-23-17-6-4-16(5-7-17)18(22)8-9-19-10-12-20(13-11-19)15(2)21/h4-7,18,22H,3,8-14H2,1-2H3. The first-order valence-corrected chi connectivity index (χ1v) is 8.49. The minimum absolute atomic E-state index is 0.148. The van der Waals surface area contributed by atoms with Crippen molar-refractivity contribution in [2.45, 2.75) is 32.8 Å². The van der Waals surface area contributed by atoms with E-state index < -0.39 is 6.10 Å². The number of aliphatic hydroxyl groups is 1. The zero-order valence-electron chi connectivity index (χ0n) is 14.2. The molecule has 2 rings (SSSR count). The number of rotatable bonds is 7. The number of piperazine rings is 1. The van der Waals surface area contributed by atoms with Crippen molar-refractivity contribution < 1.29 is 14.6 Å². The Morgan fingerprint density at radius 3 is 2.43 bits per heavy atom. The van der Waals surface area contributed by atoms with Crippen LogP contribution in [-0.2, 0) is 4.79 Å². The molecule has 1 atom stereocenters. The molecule has 0 saturated carbocycles. The van der Waals surface area contributed by atoms with Crippen LogP contribution in [0.4, 0.5) is 0 Å². The van der Waals surface area contributed by atoms with Gasteiger partial charge in [0.1, 0.15) is 5.75 Å². The molecule has 0 bridgehead atoms. The third kappa shape index (κ3) is 5.52. The van der Waals surface area contributed by atoms with Gasteiger partial charge in [-0.15, -0.1) is 0 Å². The van der Waals surface area contributed by atoms with Crippen molar-refractivity contribution in [3.8, 4) is 5.75 Å². The van der Waals surface area contributed by atoms with E-state index in [1.54, 1.807) is 6.92 Å². The lowest BCUT2D eigenvalue weighted by Gasteiger charge is -2.34. The third-order valence-corrected chi connectivity index (χ3v) is 4.27. The molecule has 128 valence electrons. The summed E-state index contributed by atoms with van der Waals surface area (Å²) in [7, 11) is 0. The Morgan fingerprint density at radius 2 is 1.87 bits per heavy atom. The smallest absolute Gasteiger partial charge is 0.219 e. The van der Waals surface area contributed by atoms with E-state index in [4.69, 9.17) is 4.74 Å². The summed E-state index contributed by atoms with van der Waals surface area (Å²) >= 11 is 0. The number of amides is 1. The molecule has 1 amide bonds. The fourth-order valence-electron chi connectivity index (χ4n) is 2.76. The monoisotopic (exact) mass is 320 g/mol. The van der Waals surface area contributed by atoms with E-state index in [0.29, 0.717) is 13.0 Å². The van der Waals surface area contributed by atoms with E-state index in [-0.39, 0.29) is 5.91 Å². The molecule has 1 aliphatic heterocycles. The average molecular weight is 320 g/mol. The molecule has 1 aliphatic rings. The van der Waals surface area contributed by atoms with Crippen LogP contribution in [0.1, 0.15) is 38.4 Å². The molecule has 0 aromatic heterocycles. The quantitative estimate of drug-likeness (QED) is 0.835. The van der Waals surface area contributed by atoms with Gasteiger partial charge in [-0.2, -0.15) is 0 Å². The lowest BCUT2D eigenvalue weighted by atomic mass is 10.1. The molecule has 1 unspecified atom stereocenters. The van der Waals surface area contributed by atoms with Gasteiger partial charge < -0.3 is 14.7 Å². The van der Waals surface area contributed by atoms with E-state index in [1.165, 1.54) is 0 Å². The molecule has 1 N–H and O–H groups in total. The third-order valence-electron chi connectivity index (χ3n) is 4.27.